The molecule has 0 saturated carbocycles. The Hall–Kier alpha value is -1.11. The number of hydrogen-bond acceptors (Lipinski definition) is 3. The molecule has 0 aromatic heterocycles. The zero-order chi connectivity index (χ0) is 13.1. The molecular formula is C10H9Cl2N3O2S. The minimum absolute atomic E-state index is 0.230. The van der Waals surface area contributed by atoms with Crippen LogP contribution in [0.4, 0.5) is 0 Å². The third kappa shape index (κ3) is 3.01. The molecule has 1 aromatic rings. The monoisotopic (exact) mass is 305 g/mol. The number of nitrogens with one attached hydrogen (secondary N) is 1. The van der Waals surface area contributed by atoms with Crippen LogP contribution >= 0.6 is 23.2 Å². The molecule has 1 unspecified atom stereocenters. The molecule has 0 bridgehead atoms. The van der Waals surface area contributed by atoms with E-state index < -0.39 is 11.2 Å². The maximum atomic E-state index is 11.1. The number of halogens is 2. The molecule has 0 fully saturated rings. The summed E-state index contributed by atoms with van der Waals surface area (Å²) in [6.07, 6.45) is 0. The fourth-order valence-electron chi connectivity index (χ4n) is 1.33. The highest BCUT2D eigenvalue weighted by molar-refractivity contribution is 7.83. The van der Waals surface area contributed by atoms with Crippen LogP contribution in [0.1, 0.15) is 5.56 Å². The van der Waals surface area contributed by atoms with E-state index >= 15 is 0 Å². The van der Waals surface area contributed by atoms with E-state index in [0.717, 1.165) is 5.56 Å². The van der Waals surface area contributed by atoms with Crippen molar-refractivity contribution in [1.29, 1.82) is 0 Å². The van der Waals surface area contributed by atoms with E-state index in [2.05, 4.69) is 14.1 Å². The van der Waals surface area contributed by atoms with Gasteiger partial charge in [0.05, 0.1) is 17.2 Å². The van der Waals surface area contributed by atoms with E-state index in [0.29, 0.717) is 22.4 Å². The van der Waals surface area contributed by atoms with Gasteiger partial charge in [-0.3, -0.25) is 0 Å². The molecule has 1 aromatic carbocycles. The van der Waals surface area contributed by atoms with E-state index in [1.54, 1.807) is 12.1 Å². The normalized spacial score (nSPS) is 18.3. The van der Waals surface area contributed by atoms with Crippen LogP contribution in [0.2, 0.25) is 10.0 Å². The summed E-state index contributed by atoms with van der Waals surface area (Å²) in [5.41, 5.74) is 0.917. The smallest absolute Gasteiger partial charge is 0.271 e. The Morgan fingerprint density at radius 1 is 1.33 bits per heavy atom. The fraction of sp³-hybridized carbons (Fsp3) is 0.200. The van der Waals surface area contributed by atoms with Crippen LogP contribution in [0.25, 0.3) is 0 Å². The summed E-state index contributed by atoms with van der Waals surface area (Å²) in [6, 6.07) is 5.28. The second-order valence-electron chi connectivity index (χ2n) is 3.37. The van der Waals surface area contributed by atoms with Gasteiger partial charge in [0.2, 0.25) is 5.84 Å². The first-order valence-electron chi connectivity index (χ1n) is 4.91. The summed E-state index contributed by atoms with van der Waals surface area (Å²) in [4.78, 5) is 0. The van der Waals surface area contributed by atoms with Crippen molar-refractivity contribution in [2.45, 2.75) is 6.54 Å². The summed E-state index contributed by atoms with van der Waals surface area (Å²) < 4.78 is 23.5. The van der Waals surface area contributed by atoms with Gasteiger partial charge in [-0.15, -0.1) is 8.80 Å². The van der Waals surface area contributed by atoms with Crippen molar-refractivity contribution in [1.82, 2.24) is 5.32 Å². The van der Waals surface area contributed by atoms with Crippen molar-refractivity contribution in [3.8, 4) is 0 Å². The van der Waals surface area contributed by atoms with Crippen LogP contribution < -0.4 is 5.32 Å². The molecule has 0 spiro atoms. The highest BCUT2D eigenvalue weighted by atomic mass is 35.5. The lowest BCUT2D eigenvalue weighted by atomic mass is 10.2. The van der Waals surface area contributed by atoms with Crippen molar-refractivity contribution in [3.63, 3.8) is 0 Å². The summed E-state index contributed by atoms with van der Waals surface area (Å²) in [5.74, 6) is 0.593. The molecular weight excluding hydrogens is 297 g/mol. The second kappa shape index (κ2) is 5.69. The summed E-state index contributed by atoms with van der Waals surface area (Å²) in [6.45, 7) is 0.454. The van der Waals surface area contributed by atoms with E-state index in [9.17, 15) is 4.21 Å². The van der Waals surface area contributed by atoms with Crippen LogP contribution in [0.15, 0.2) is 27.0 Å². The van der Waals surface area contributed by atoms with Gasteiger partial charge in [-0.05, 0) is 17.7 Å². The molecule has 8 heteroatoms. The van der Waals surface area contributed by atoms with Gasteiger partial charge in [-0.1, -0.05) is 29.3 Å². The summed E-state index contributed by atoms with van der Waals surface area (Å²) in [7, 11) is 1.44. The highest BCUT2D eigenvalue weighted by Crippen LogP contribution is 2.22. The number of rotatable bonds is 2. The Labute approximate surface area is 117 Å². The average molecular weight is 306 g/mol. The van der Waals surface area contributed by atoms with Crippen LogP contribution in [0.5, 0.6) is 0 Å². The first-order chi connectivity index (χ1) is 8.60. The Morgan fingerprint density at radius 3 is 2.78 bits per heavy atom. The zero-order valence-electron chi connectivity index (χ0n) is 9.31. The number of amidine groups is 1. The van der Waals surface area contributed by atoms with Crippen LogP contribution in [-0.2, 0) is 22.5 Å². The van der Waals surface area contributed by atoms with Gasteiger partial charge in [-0.25, -0.2) is 4.21 Å². The molecule has 0 radical (unpaired) electrons. The lowest BCUT2D eigenvalue weighted by Gasteiger charge is -2.07. The van der Waals surface area contributed by atoms with Crippen molar-refractivity contribution in [3.05, 3.63) is 33.8 Å². The number of hydrogen-bond donors (Lipinski definition) is 1. The van der Waals surface area contributed by atoms with Gasteiger partial charge in [0.25, 0.3) is 17.1 Å². The first-order valence-corrected chi connectivity index (χ1v) is 6.73. The Balaban J connectivity index is 2.04. The van der Waals surface area contributed by atoms with Crippen molar-refractivity contribution >= 4 is 46.1 Å². The van der Waals surface area contributed by atoms with E-state index in [-0.39, 0.29) is 5.90 Å². The van der Waals surface area contributed by atoms with Crippen LogP contribution in [-0.4, -0.2) is 23.1 Å². The van der Waals surface area contributed by atoms with Gasteiger partial charge in [0.15, 0.2) is 0 Å². The third-order valence-electron chi connectivity index (χ3n) is 2.17. The van der Waals surface area contributed by atoms with Gasteiger partial charge in [0, 0.05) is 6.54 Å². The summed E-state index contributed by atoms with van der Waals surface area (Å²) >= 11 is 10.1. The molecule has 0 saturated heterocycles. The molecule has 5 nitrogen and oxygen atoms in total. The molecule has 18 heavy (non-hydrogen) atoms. The SMILES string of the molecule is COC1=NS(=O)N=C1NCc1ccc(Cl)c(Cl)c1. The van der Waals surface area contributed by atoms with Gasteiger partial charge < -0.3 is 10.1 Å². The quantitative estimate of drug-likeness (QED) is 0.910. The number of methoxy groups -OCH3 is 1. The highest BCUT2D eigenvalue weighted by Gasteiger charge is 2.19. The Kier molecular flexibility index (Phi) is 4.21. The molecule has 96 valence electrons. The van der Waals surface area contributed by atoms with E-state index in [1.165, 1.54) is 7.11 Å². The average Bonchev–Trinajstić information content (AvgIpc) is 2.71. The Bertz CT molecular complexity index is 560. The minimum atomic E-state index is -1.61. The molecule has 0 amide bonds. The fourth-order valence-corrected chi connectivity index (χ4v) is 2.29. The molecule has 0 aliphatic carbocycles. The minimum Gasteiger partial charge on any atom is -0.478 e. The Morgan fingerprint density at radius 2 is 2.11 bits per heavy atom. The van der Waals surface area contributed by atoms with Gasteiger partial charge >= 0.3 is 0 Å². The number of benzene rings is 1. The first kappa shape index (κ1) is 13.3. The predicted octanol–water partition coefficient (Wildman–Crippen LogP) is 2.12. The van der Waals surface area contributed by atoms with Crippen LogP contribution in [0.3, 0.4) is 0 Å². The molecule has 1 heterocycles. The van der Waals surface area contributed by atoms with Crippen LogP contribution in [0, 0.1) is 0 Å². The van der Waals surface area contributed by atoms with E-state index in [4.69, 9.17) is 27.9 Å². The largest absolute Gasteiger partial charge is 0.478 e. The van der Waals surface area contributed by atoms with Crippen molar-refractivity contribution in [2.24, 2.45) is 8.80 Å². The molecule has 1 N–H and O–H groups in total. The lowest BCUT2D eigenvalue weighted by molar-refractivity contribution is 0.411. The van der Waals surface area contributed by atoms with Gasteiger partial charge in [0.1, 0.15) is 0 Å². The van der Waals surface area contributed by atoms with Crippen molar-refractivity contribution in [2.75, 3.05) is 7.11 Å². The topological polar surface area (TPSA) is 63.0 Å². The molecule has 1 atom stereocenters. The predicted molar refractivity (Wildman–Crippen MR) is 73.3 cm³/mol. The zero-order valence-corrected chi connectivity index (χ0v) is 11.6. The molecule has 1 aliphatic rings. The maximum absolute atomic E-state index is 11.1. The lowest BCUT2D eigenvalue weighted by Crippen LogP contribution is -2.29. The van der Waals surface area contributed by atoms with E-state index in [1.807, 2.05) is 6.07 Å². The molecule has 1 aliphatic heterocycles. The standard InChI is InChI=1S/C10H9Cl2N3O2S/c1-17-10-9(14-18(16)15-10)13-5-6-2-3-7(11)8(12)4-6/h2-4H,5H2,1H3,(H,13,14). The van der Waals surface area contributed by atoms with Gasteiger partial charge in [-0.2, -0.15) is 0 Å². The second-order valence-corrected chi connectivity index (χ2v) is 5.01. The number of ether oxygens (including phenoxy) is 1. The number of nitrogens with zero attached hydrogens (tertiary/aromatic N) is 2. The molecule has 2 rings (SSSR count). The van der Waals surface area contributed by atoms with Crippen molar-refractivity contribution < 1.29 is 8.95 Å². The maximum Gasteiger partial charge on any atom is 0.271 e. The third-order valence-corrected chi connectivity index (χ3v) is 3.57. The summed E-state index contributed by atoms with van der Waals surface area (Å²) in [5, 5.41) is 3.95.